The fourth-order valence-corrected chi connectivity index (χ4v) is 7.88. The van der Waals surface area contributed by atoms with E-state index in [0.29, 0.717) is 25.7 Å². The van der Waals surface area contributed by atoms with Gasteiger partial charge in [-0.25, -0.2) is 13.2 Å². The number of Topliss-reactive ketones (excluding diaryl/α,β-unsaturated/α-hetero) is 1. The van der Waals surface area contributed by atoms with E-state index in [0.717, 1.165) is 25.7 Å². The Hall–Kier alpha value is -3.00. The van der Waals surface area contributed by atoms with Gasteiger partial charge in [0.25, 0.3) is 5.91 Å². The number of carbonyl (C=O) groups is 5. The summed E-state index contributed by atoms with van der Waals surface area (Å²) in [5.74, 6) is -2.82. The van der Waals surface area contributed by atoms with Gasteiger partial charge in [-0.05, 0) is 38.0 Å². The third kappa shape index (κ3) is 10.2. The van der Waals surface area contributed by atoms with E-state index < -0.39 is 73.9 Å². The Bertz CT molecular complexity index is 1210. The molecule has 0 unspecified atom stereocenters. The molecular formula is C32H55N5O8S. The van der Waals surface area contributed by atoms with Gasteiger partial charge in [-0.1, -0.05) is 72.8 Å². The van der Waals surface area contributed by atoms with Gasteiger partial charge < -0.3 is 30.9 Å². The second-order valence-corrected chi connectivity index (χ2v) is 15.6. The molecule has 2 rings (SSSR count). The highest BCUT2D eigenvalue weighted by Crippen LogP contribution is 2.37. The van der Waals surface area contributed by atoms with Crippen LogP contribution in [0.5, 0.6) is 0 Å². The van der Waals surface area contributed by atoms with E-state index in [2.05, 4.69) is 27.8 Å². The average Bonchev–Trinajstić information content (AvgIpc) is 3.37. The lowest BCUT2D eigenvalue weighted by atomic mass is 9.82. The smallest absolute Gasteiger partial charge is 0.316 e. The Kier molecular flexibility index (Phi) is 14.7. The maximum atomic E-state index is 14.2. The number of ketones is 1. The molecule has 0 bridgehead atoms. The van der Waals surface area contributed by atoms with Gasteiger partial charge in [0, 0.05) is 13.1 Å². The summed E-state index contributed by atoms with van der Waals surface area (Å²) in [5, 5.41) is 10.8. The number of rotatable bonds is 16. The van der Waals surface area contributed by atoms with Crippen LogP contribution in [0.25, 0.3) is 0 Å². The molecule has 1 heterocycles. The van der Waals surface area contributed by atoms with Crippen molar-refractivity contribution in [1.82, 2.24) is 26.2 Å². The minimum Gasteiger partial charge on any atom is -0.359 e. The Morgan fingerprint density at radius 1 is 1.04 bits per heavy atom. The summed E-state index contributed by atoms with van der Waals surface area (Å²) < 4.78 is 31.4. The van der Waals surface area contributed by atoms with E-state index in [9.17, 15) is 32.4 Å². The van der Waals surface area contributed by atoms with Crippen molar-refractivity contribution in [2.75, 3.05) is 25.4 Å². The van der Waals surface area contributed by atoms with Crippen molar-refractivity contribution in [3.05, 3.63) is 12.7 Å². The quantitative estimate of drug-likeness (QED) is 0.143. The predicted molar refractivity (Wildman–Crippen MR) is 175 cm³/mol. The van der Waals surface area contributed by atoms with Gasteiger partial charge in [-0.15, -0.1) is 6.58 Å². The van der Waals surface area contributed by atoms with Gasteiger partial charge in [0.05, 0.1) is 23.9 Å². The first kappa shape index (κ1) is 39.2. The third-order valence-corrected chi connectivity index (χ3v) is 10.6. The standard InChI is InChI=1S/C32H55N5O8S/c1-8-11-15-23(24(38)27(40)33-18-9-2)34-26(39)22(4)37(19-10-3)28(41)25(31(5,6)7)35-30(42)36-32(16-13-12-14-17-32)29-45-20-21-46(29,43)44/h9,22-23,25,29H,2,8,10-21H2,1,3-7H3,(H,33,40)(H,34,39)(H2,35,36,42)/t22-,23-,25+,29+/m0/s1. The number of amides is 5. The van der Waals surface area contributed by atoms with Gasteiger partial charge in [-0.2, -0.15) is 0 Å². The number of carbonyl (C=O) groups excluding carboxylic acids is 5. The molecule has 14 heteroatoms. The van der Waals surface area contributed by atoms with Gasteiger partial charge in [0.15, 0.2) is 15.3 Å². The summed E-state index contributed by atoms with van der Waals surface area (Å²) >= 11 is 0. The molecule has 2 fully saturated rings. The number of nitrogens with zero attached hydrogens (tertiary/aromatic N) is 1. The molecule has 0 aromatic heterocycles. The fraction of sp³-hybridized carbons (Fsp3) is 0.781. The van der Waals surface area contributed by atoms with E-state index in [1.54, 1.807) is 27.7 Å². The molecule has 4 atom stereocenters. The molecule has 5 amide bonds. The number of nitrogens with one attached hydrogen (secondary N) is 4. The van der Waals surface area contributed by atoms with Crippen LogP contribution in [0, 0.1) is 5.41 Å². The van der Waals surface area contributed by atoms with Crippen LogP contribution in [0.4, 0.5) is 4.79 Å². The largest absolute Gasteiger partial charge is 0.359 e. The van der Waals surface area contributed by atoms with Crippen molar-refractivity contribution < 1.29 is 37.1 Å². The molecule has 1 saturated carbocycles. The van der Waals surface area contributed by atoms with Crippen LogP contribution in [0.15, 0.2) is 12.7 Å². The highest BCUT2D eigenvalue weighted by molar-refractivity contribution is 7.92. The van der Waals surface area contributed by atoms with E-state index >= 15 is 0 Å². The molecular weight excluding hydrogens is 614 g/mol. The van der Waals surface area contributed by atoms with E-state index in [-0.39, 0.29) is 31.9 Å². The third-order valence-electron chi connectivity index (χ3n) is 8.62. The summed E-state index contributed by atoms with van der Waals surface area (Å²) in [6, 6.07) is -3.87. The average molecular weight is 670 g/mol. The zero-order valence-electron chi connectivity index (χ0n) is 28.4. The van der Waals surface area contributed by atoms with Crippen LogP contribution in [0.1, 0.15) is 99.3 Å². The van der Waals surface area contributed by atoms with Crippen molar-refractivity contribution in [3.8, 4) is 0 Å². The molecule has 46 heavy (non-hydrogen) atoms. The predicted octanol–water partition coefficient (Wildman–Crippen LogP) is 2.35. The highest BCUT2D eigenvalue weighted by Gasteiger charge is 2.51. The van der Waals surface area contributed by atoms with Crippen LogP contribution < -0.4 is 21.3 Å². The van der Waals surface area contributed by atoms with Crippen LogP contribution in [-0.4, -0.2) is 97.4 Å². The molecule has 1 aliphatic carbocycles. The lowest BCUT2D eigenvalue weighted by Gasteiger charge is -2.42. The van der Waals surface area contributed by atoms with Crippen molar-refractivity contribution in [3.63, 3.8) is 0 Å². The summed E-state index contributed by atoms with van der Waals surface area (Å²) in [7, 11) is -3.58. The van der Waals surface area contributed by atoms with Gasteiger partial charge >= 0.3 is 6.03 Å². The zero-order valence-corrected chi connectivity index (χ0v) is 29.2. The maximum absolute atomic E-state index is 14.2. The Balaban J connectivity index is 2.29. The minimum absolute atomic E-state index is 0.0669. The number of sulfone groups is 1. The molecule has 0 aromatic rings. The minimum atomic E-state index is -3.58. The molecule has 13 nitrogen and oxygen atoms in total. The lowest BCUT2D eigenvalue weighted by Crippen LogP contribution is -2.65. The normalized spacial score (nSPS) is 20.8. The summed E-state index contributed by atoms with van der Waals surface area (Å²) in [6.45, 7) is 14.6. The van der Waals surface area contributed by atoms with E-state index in [1.807, 2.05) is 13.8 Å². The maximum Gasteiger partial charge on any atom is 0.316 e. The monoisotopic (exact) mass is 669 g/mol. The van der Waals surface area contributed by atoms with Crippen molar-refractivity contribution in [1.29, 1.82) is 0 Å². The molecule has 0 spiro atoms. The van der Waals surface area contributed by atoms with Crippen LogP contribution >= 0.6 is 0 Å². The number of hydrogen-bond acceptors (Lipinski definition) is 8. The number of unbranched alkanes of at least 4 members (excludes halogenated alkanes) is 1. The second-order valence-electron chi connectivity index (χ2n) is 13.5. The summed E-state index contributed by atoms with van der Waals surface area (Å²) in [5.41, 5.74) is -3.07. The van der Waals surface area contributed by atoms with Crippen LogP contribution in [-0.2, 0) is 33.8 Å². The number of hydrogen-bond donors (Lipinski definition) is 4. The summed E-state index contributed by atoms with van der Waals surface area (Å²) in [6.07, 6.45) is 6.78. The first-order valence-corrected chi connectivity index (χ1v) is 18.2. The van der Waals surface area contributed by atoms with Crippen molar-refractivity contribution >= 4 is 39.4 Å². The van der Waals surface area contributed by atoms with Crippen LogP contribution in [0.3, 0.4) is 0 Å². The van der Waals surface area contributed by atoms with Gasteiger partial charge in [-0.3, -0.25) is 19.2 Å². The Labute approximate surface area is 274 Å². The van der Waals surface area contributed by atoms with Crippen molar-refractivity contribution in [2.24, 2.45) is 5.41 Å². The fourth-order valence-electron chi connectivity index (χ4n) is 6.05. The van der Waals surface area contributed by atoms with Gasteiger partial charge in [0.1, 0.15) is 12.1 Å². The number of urea groups is 1. The first-order chi connectivity index (χ1) is 21.5. The molecule has 0 radical (unpaired) electrons. The highest BCUT2D eigenvalue weighted by atomic mass is 32.2. The Morgan fingerprint density at radius 2 is 1.70 bits per heavy atom. The molecule has 1 aliphatic heterocycles. The zero-order chi connectivity index (χ0) is 34.7. The summed E-state index contributed by atoms with van der Waals surface area (Å²) in [4.78, 5) is 67.9. The van der Waals surface area contributed by atoms with Gasteiger partial charge in [0.2, 0.25) is 17.6 Å². The molecule has 1 saturated heterocycles. The molecule has 0 aromatic carbocycles. The number of ether oxygens (including phenoxy) is 1. The molecule has 4 N–H and O–H groups in total. The first-order valence-electron chi connectivity index (χ1n) is 16.5. The van der Waals surface area contributed by atoms with E-state index in [4.69, 9.17) is 4.74 Å². The SMILES string of the molecule is C=CCNC(=O)C(=O)[C@H](CCCC)NC(=O)[C@H](C)N(CCC)C(=O)[C@@H](NC(=O)NC1([C@@H]2OCCS2(=O)=O)CCCCC1)C(C)(C)C. The Morgan fingerprint density at radius 3 is 2.22 bits per heavy atom. The lowest BCUT2D eigenvalue weighted by molar-refractivity contribution is -0.145. The van der Waals surface area contributed by atoms with Crippen molar-refractivity contribution in [2.45, 2.75) is 128 Å². The topological polar surface area (TPSA) is 180 Å². The molecule has 2 aliphatic rings. The van der Waals surface area contributed by atoms with E-state index in [1.165, 1.54) is 11.0 Å². The van der Waals surface area contributed by atoms with Crippen LogP contribution in [0.2, 0.25) is 0 Å². The molecule has 262 valence electrons. The second kappa shape index (κ2) is 17.2.